The van der Waals surface area contributed by atoms with Crippen LogP contribution in [0.5, 0.6) is 0 Å². The highest BCUT2D eigenvalue weighted by Gasteiger charge is 2.25. The first-order chi connectivity index (χ1) is 12.4. The van der Waals surface area contributed by atoms with Crippen LogP contribution in [0.25, 0.3) is 0 Å². The maximum atomic E-state index is 12.5. The molecule has 0 fully saturated rings. The molecule has 1 atom stereocenters. The zero-order valence-corrected chi connectivity index (χ0v) is 17.1. The molecule has 9 heteroatoms. The topological polar surface area (TPSA) is 118 Å². The maximum Gasteiger partial charge on any atom is 0.240 e. The van der Waals surface area contributed by atoms with Crippen molar-refractivity contribution in [2.24, 2.45) is 5.14 Å². The summed E-state index contributed by atoms with van der Waals surface area (Å²) < 4.78 is 50.5. The van der Waals surface area contributed by atoms with Crippen LogP contribution in [0, 0.1) is 0 Å². The lowest BCUT2D eigenvalue weighted by atomic mass is 10.0. The Hall–Kier alpha value is -1.78. The van der Waals surface area contributed by atoms with E-state index in [4.69, 9.17) is 5.14 Å². The molecule has 0 aliphatic heterocycles. The Morgan fingerprint density at radius 2 is 1.56 bits per heavy atom. The summed E-state index contributed by atoms with van der Waals surface area (Å²) in [5.74, 6) is 0. The summed E-state index contributed by atoms with van der Waals surface area (Å²) >= 11 is 0. The Bertz CT molecular complexity index is 988. The predicted octanol–water partition coefficient (Wildman–Crippen LogP) is 1.74. The predicted molar refractivity (Wildman–Crippen MR) is 105 cm³/mol. The molecule has 0 aromatic heterocycles. The molecule has 2 rings (SSSR count). The van der Waals surface area contributed by atoms with Crippen molar-refractivity contribution in [2.75, 3.05) is 6.54 Å². The van der Waals surface area contributed by atoms with Crippen LogP contribution in [0.1, 0.15) is 32.4 Å². The quantitative estimate of drug-likeness (QED) is 0.611. The van der Waals surface area contributed by atoms with E-state index < -0.39 is 25.6 Å². The van der Waals surface area contributed by atoms with Crippen molar-refractivity contribution in [3.8, 4) is 0 Å². The van der Waals surface area contributed by atoms with Crippen LogP contribution < -0.4 is 15.2 Å². The second-order valence-corrected chi connectivity index (χ2v) is 10.3. The largest absolute Gasteiger partial charge is 0.304 e. The van der Waals surface area contributed by atoms with Crippen LogP contribution in [-0.4, -0.2) is 28.9 Å². The second kappa shape index (κ2) is 8.07. The molecule has 27 heavy (non-hydrogen) atoms. The van der Waals surface area contributed by atoms with E-state index in [-0.39, 0.29) is 22.4 Å². The summed E-state index contributed by atoms with van der Waals surface area (Å²) in [4.78, 5) is -0.401. The van der Waals surface area contributed by atoms with Crippen molar-refractivity contribution in [3.63, 3.8) is 0 Å². The molecule has 0 saturated heterocycles. The number of nitrogens with one attached hydrogen (secondary N) is 2. The molecular formula is C18H25N3O4S2. The Labute approximate surface area is 161 Å². The van der Waals surface area contributed by atoms with Gasteiger partial charge >= 0.3 is 0 Å². The van der Waals surface area contributed by atoms with Crippen LogP contribution in [0.2, 0.25) is 0 Å². The first-order valence-corrected chi connectivity index (χ1v) is 11.4. The van der Waals surface area contributed by atoms with Crippen LogP contribution in [0.15, 0.2) is 64.4 Å². The van der Waals surface area contributed by atoms with Crippen molar-refractivity contribution in [3.05, 3.63) is 60.2 Å². The average molecular weight is 412 g/mol. The fourth-order valence-electron chi connectivity index (χ4n) is 2.64. The fraction of sp³-hybridized carbons (Fsp3) is 0.333. The van der Waals surface area contributed by atoms with E-state index in [1.54, 1.807) is 0 Å². The third-order valence-corrected chi connectivity index (χ3v) is 6.37. The standard InChI is InChI=1S/C18H25N3O4S2/c1-14(15-8-5-4-6-9-15)21-18(2,3)13-20-27(24,25)17-11-7-10-16(12-17)26(19,22)23/h4-12,14,20-21H,13H2,1-3H3,(H2,19,22,23). The van der Waals surface area contributed by atoms with E-state index in [1.807, 2.05) is 51.1 Å². The maximum absolute atomic E-state index is 12.5. The summed E-state index contributed by atoms with van der Waals surface area (Å²) in [6.45, 7) is 5.89. The smallest absolute Gasteiger partial charge is 0.240 e. The SMILES string of the molecule is CC(NC(C)(C)CNS(=O)(=O)c1cccc(S(N)(=O)=O)c1)c1ccccc1. The van der Waals surface area contributed by atoms with Gasteiger partial charge in [-0.15, -0.1) is 0 Å². The third-order valence-electron chi connectivity index (χ3n) is 4.06. The van der Waals surface area contributed by atoms with Gasteiger partial charge in [0.1, 0.15) is 0 Å². The molecule has 2 aromatic carbocycles. The van der Waals surface area contributed by atoms with Gasteiger partial charge in [0.2, 0.25) is 20.0 Å². The number of hydrogen-bond acceptors (Lipinski definition) is 5. The van der Waals surface area contributed by atoms with Crippen molar-refractivity contribution in [2.45, 2.75) is 42.1 Å². The van der Waals surface area contributed by atoms with Crippen molar-refractivity contribution in [1.82, 2.24) is 10.0 Å². The van der Waals surface area contributed by atoms with Gasteiger partial charge in [0.15, 0.2) is 0 Å². The summed E-state index contributed by atoms with van der Waals surface area (Å²) in [6, 6.07) is 14.8. The first kappa shape index (κ1) is 21.5. The highest BCUT2D eigenvalue weighted by molar-refractivity contribution is 7.90. The minimum Gasteiger partial charge on any atom is -0.304 e. The van der Waals surface area contributed by atoms with E-state index in [0.717, 1.165) is 11.6 Å². The van der Waals surface area contributed by atoms with Gasteiger partial charge in [0.25, 0.3) is 0 Å². The van der Waals surface area contributed by atoms with Crippen molar-refractivity contribution < 1.29 is 16.8 Å². The van der Waals surface area contributed by atoms with Gasteiger partial charge in [-0.2, -0.15) is 0 Å². The molecule has 148 valence electrons. The Morgan fingerprint density at radius 3 is 2.15 bits per heavy atom. The van der Waals surface area contributed by atoms with E-state index in [0.29, 0.717) is 0 Å². The average Bonchev–Trinajstić information content (AvgIpc) is 2.60. The molecule has 7 nitrogen and oxygen atoms in total. The normalized spacial score (nSPS) is 14.1. The zero-order valence-electron chi connectivity index (χ0n) is 15.5. The lowest BCUT2D eigenvalue weighted by Gasteiger charge is -2.30. The van der Waals surface area contributed by atoms with E-state index >= 15 is 0 Å². The monoisotopic (exact) mass is 411 g/mol. The van der Waals surface area contributed by atoms with E-state index in [1.165, 1.54) is 18.2 Å². The zero-order chi connectivity index (χ0) is 20.3. The Morgan fingerprint density at radius 1 is 0.963 bits per heavy atom. The summed E-state index contributed by atoms with van der Waals surface area (Å²) in [5, 5.41) is 8.46. The number of hydrogen-bond donors (Lipinski definition) is 3. The molecule has 0 aliphatic rings. The van der Waals surface area contributed by atoms with Gasteiger partial charge in [-0.3, -0.25) is 0 Å². The number of sulfonamides is 2. The Kier molecular flexibility index (Phi) is 6.43. The molecule has 0 amide bonds. The molecule has 0 heterocycles. The van der Waals surface area contributed by atoms with E-state index in [2.05, 4.69) is 10.0 Å². The molecule has 0 bridgehead atoms. The van der Waals surface area contributed by atoms with Crippen LogP contribution in [0.3, 0.4) is 0 Å². The van der Waals surface area contributed by atoms with E-state index in [9.17, 15) is 16.8 Å². The molecule has 0 spiro atoms. The highest BCUT2D eigenvalue weighted by Crippen LogP contribution is 2.18. The molecule has 0 radical (unpaired) electrons. The van der Waals surface area contributed by atoms with Crippen LogP contribution in [-0.2, 0) is 20.0 Å². The van der Waals surface area contributed by atoms with Gasteiger partial charge < -0.3 is 5.32 Å². The van der Waals surface area contributed by atoms with Crippen molar-refractivity contribution >= 4 is 20.0 Å². The number of nitrogens with two attached hydrogens (primary N) is 1. The summed E-state index contributed by atoms with van der Waals surface area (Å²) in [7, 11) is -7.87. The van der Waals surface area contributed by atoms with Gasteiger partial charge in [-0.05, 0) is 44.5 Å². The lowest BCUT2D eigenvalue weighted by molar-refractivity contribution is 0.346. The third kappa shape index (κ3) is 6.12. The van der Waals surface area contributed by atoms with Crippen molar-refractivity contribution in [1.29, 1.82) is 0 Å². The molecule has 4 N–H and O–H groups in total. The number of rotatable bonds is 8. The molecular weight excluding hydrogens is 386 g/mol. The summed E-state index contributed by atoms with van der Waals surface area (Å²) in [6.07, 6.45) is 0. The number of benzene rings is 2. The fourth-order valence-corrected chi connectivity index (χ4v) is 4.53. The molecule has 2 aromatic rings. The Balaban J connectivity index is 2.10. The van der Waals surface area contributed by atoms with Gasteiger partial charge in [0.05, 0.1) is 9.79 Å². The minimum atomic E-state index is -3.98. The van der Waals surface area contributed by atoms with Crippen LogP contribution in [0.4, 0.5) is 0 Å². The van der Waals surface area contributed by atoms with Gasteiger partial charge in [-0.1, -0.05) is 36.4 Å². The second-order valence-electron chi connectivity index (χ2n) is 7.01. The highest BCUT2D eigenvalue weighted by atomic mass is 32.2. The minimum absolute atomic E-state index is 0.0245. The van der Waals surface area contributed by atoms with Crippen LogP contribution >= 0.6 is 0 Å². The molecule has 1 unspecified atom stereocenters. The number of primary sulfonamides is 1. The first-order valence-electron chi connectivity index (χ1n) is 8.36. The van der Waals surface area contributed by atoms with Gasteiger partial charge in [-0.25, -0.2) is 26.7 Å². The summed E-state index contributed by atoms with van der Waals surface area (Å²) in [5.41, 5.74) is 0.550. The van der Waals surface area contributed by atoms with Gasteiger partial charge in [0, 0.05) is 18.1 Å². The lowest BCUT2D eigenvalue weighted by Crippen LogP contribution is -2.49. The molecule has 0 aliphatic carbocycles. The molecule has 0 saturated carbocycles.